The van der Waals surface area contributed by atoms with Crippen molar-refractivity contribution in [2.24, 2.45) is 0 Å². The molecule has 3 aromatic rings. The molecule has 2 heteroatoms. The molecule has 0 amide bonds. The van der Waals surface area contributed by atoms with Gasteiger partial charge >= 0.3 is 0 Å². The predicted molar refractivity (Wildman–Crippen MR) is 94.7 cm³/mol. The fourth-order valence-corrected chi connectivity index (χ4v) is 3.99. The van der Waals surface area contributed by atoms with Crippen LogP contribution in [0.2, 0.25) is 0 Å². The maximum atomic E-state index is 11.8. The zero-order valence-electron chi connectivity index (χ0n) is 12.7. The summed E-state index contributed by atoms with van der Waals surface area (Å²) in [6, 6.07) is 20.5. The molecular weight excluding hydrogens is 288 g/mol. The van der Waals surface area contributed by atoms with Crippen LogP contribution in [0.25, 0.3) is 21.6 Å². The summed E-state index contributed by atoms with van der Waals surface area (Å²) < 4.78 is 0. The number of hydrogen-bond acceptors (Lipinski definition) is 2. The molecule has 0 aliphatic heterocycles. The van der Waals surface area contributed by atoms with Crippen LogP contribution in [-0.2, 0) is 0 Å². The molecule has 1 heterocycles. The van der Waals surface area contributed by atoms with Gasteiger partial charge in [-0.15, -0.1) is 11.3 Å². The van der Waals surface area contributed by atoms with Crippen LogP contribution >= 0.6 is 11.3 Å². The summed E-state index contributed by atoms with van der Waals surface area (Å²) in [7, 11) is 0. The van der Waals surface area contributed by atoms with Gasteiger partial charge < -0.3 is 0 Å². The molecule has 110 valence electrons. The van der Waals surface area contributed by atoms with Crippen molar-refractivity contribution in [2.45, 2.75) is 19.8 Å². The van der Waals surface area contributed by atoms with E-state index in [9.17, 15) is 4.79 Å². The van der Waals surface area contributed by atoms with Gasteiger partial charge in [-0.25, -0.2) is 0 Å². The van der Waals surface area contributed by atoms with Gasteiger partial charge in [0.1, 0.15) is 0 Å². The van der Waals surface area contributed by atoms with Crippen LogP contribution < -0.4 is 0 Å². The van der Waals surface area contributed by atoms with Gasteiger partial charge in [-0.05, 0) is 17.0 Å². The molecule has 3 rings (SSSR count). The van der Waals surface area contributed by atoms with Crippen LogP contribution in [0, 0.1) is 0 Å². The minimum atomic E-state index is 0.338. The molecule has 0 saturated carbocycles. The van der Waals surface area contributed by atoms with E-state index in [-0.39, 0.29) is 0 Å². The zero-order valence-corrected chi connectivity index (χ0v) is 13.6. The molecular formula is C20H18OS. The fraction of sp³-hybridized carbons (Fsp3) is 0.150. The highest BCUT2D eigenvalue weighted by Gasteiger charge is 2.21. The third kappa shape index (κ3) is 2.62. The van der Waals surface area contributed by atoms with E-state index in [1.54, 1.807) is 11.3 Å². The van der Waals surface area contributed by atoms with Gasteiger partial charge in [0.25, 0.3) is 0 Å². The van der Waals surface area contributed by atoms with E-state index in [1.165, 1.54) is 10.4 Å². The van der Waals surface area contributed by atoms with Crippen LogP contribution in [0.3, 0.4) is 0 Å². The first-order chi connectivity index (χ1) is 10.7. The standard InChI is InChI=1S/C20H18OS/c1-14(2)19-17(13-21)18(15-9-5-3-6-10-15)20(22-19)16-11-7-4-8-12-16/h3-14H,1-2H3. The van der Waals surface area contributed by atoms with E-state index < -0.39 is 0 Å². The number of thiophene rings is 1. The summed E-state index contributed by atoms with van der Waals surface area (Å²) in [6.45, 7) is 4.28. The maximum absolute atomic E-state index is 11.8. The van der Waals surface area contributed by atoms with Crippen molar-refractivity contribution in [1.82, 2.24) is 0 Å². The van der Waals surface area contributed by atoms with Crippen molar-refractivity contribution in [3.05, 3.63) is 71.1 Å². The Bertz CT molecular complexity index is 770. The molecule has 22 heavy (non-hydrogen) atoms. The number of rotatable bonds is 4. The van der Waals surface area contributed by atoms with Crippen molar-refractivity contribution in [3.63, 3.8) is 0 Å². The summed E-state index contributed by atoms with van der Waals surface area (Å²) in [6.07, 6.45) is 1.01. The van der Waals surface area contributed by atoms with Crippen molar-refractivity contribution in [1.29, 1.82) is 0 Å². The van der Waals surface area contributed by atoms with Crippen molar-refractivity contribution in [3.8, 4) is 21.6 Å². The monoisotopic (exact) mass is 306 g/mol. The second-order valence-corrected chi connectivity index (χ2v) is 6.64. The number of hydrogen-bond donors (Lipinski definition) is 0. The van der Waals surface area contributed by atoms with Crippen LogP contribution in [0.4, 0.5) is 0 Å². The zero-order chi connectivity index (χ0) is 15.5. The SMILES string of the molecule is CC(C)c1sc(-c2ccccc2)c(-c2ccccc2)c1C=O. The Morgan fingerprint density at radius 3 is 1.91 bits per heavy atom. The van der Waals surface area contributed by atoms with Crippen molar-refractivity contribution in [2.75, 3.05) is 0 Å². The minimum absolute atomic E-state index is 0.338. The summed E-state index contributed by atoms with van der Waals surface area (Å²) in [4.78, 5) is 14.1. The molecule has 2 aromatic carbocycles. The predicted octanol–water partition coefficient (Wildman–Crippen LogP) is 6.02. The molecule has 0 radical (unpaired) electrons. The first kappa shape index (κ1) is 14.7. The summed E-state index contributed by atoms with van der Waals surface area (Å²) in [5.74, 6) is 0.338. The van der Waals surface area contributed by atoms with Gasteiger partial charge in [-0.2, -0.15) is 0 Å². The van der Waals surface area contributed by atoms with Gasteiger partial charge in [-0.3, -0.25) is 4.79 Å². The van der Waals surface area contributed by atoms with E-state index in [0.717, 1.165) is 27.9 Å². The Labute approximate surface area is 135 Å². The highest BCUT2D eigenvalue weighted by molar-refractivity contribution is 7.16. The van der Waals surface area contributed by atoms with Crippen molar-refractivity contribution < 1.29 is 4.79 Å². The lowest BCUT2D eigenvalue weighted by atomic mass is 9.96. The van der Waals surface area contributed by atoms with Gasteiger partial charge in [-0.1, -0.05) is 74.5 Å². The van der Waals surface area contributed by atoms with Crippen LogP contribution in [-0.4, -0.2) is 6.29 Å². The topological polar surface area (TPSA) is 17.1 Å². The molecule has 0 atom stereocenters. The Hall–Kier alpha value is -2.19. The number of aldehydes is 1. The molecule has 0 bridgehead atoms. The molecule has 0 spiro atoms. The first-order valence-corrected chi connectivity index (χ1v) is 8.26. The van der Waals surface area contributed by atoms with Crippen LogP contribution in [0.1, 0.15) is 35.0 Å². The van der Waals surface area contributed by atoms with Gasteiger partial charge in [0, 0.05) is 20.9 Å². The lowest BCUT2D eigenvalue weighted by Crippen LogP contribution is -1.91. The average molecular weight is 306 g/mol. The summed E-state index contributed by atoms with van der Waals surface area (Å²) >= 11 is 1.74. The van der Waals surface area contributed by atoms with Crippen LogP contribution in [0.5, 0.6) is 0 Å². The quantitative estimate of drug-likeness (QED) is 0.539. The Morgan fingerprint density at radius 2 is 1.41 bits per heavy atom. The third-order valence-electron chi connectivity index (χ3n) is 3.71. The smallest absolute Gasteiger partial charge is 0.151 e. The molecule has 0 saturated heterocycles. The van der Waals surface area contributed by atoms with Crippen molar-refractivity contribution >= 4 is 17.6 Å². The second-order valence-electron chi connectivity index (χ2n) is 5.59. The van der Waals surface area contributed by atoms with E-state index in [0.29, 0.717) is 5.92 Å². The van der Waals surface area contributed by atoms with Crippen LogP contribution in [0.15, 0.2) is 60.7 Å². The minimum Gasteiger partial charge on any atom is -0.298 e. The number of benzene rings is 2. The lowest BCUT2D eigenvalue weighted by molar-refractivity contribution is 0.112. The molecule has 0 fully saturated rings. The molecule has 0 N–H and O–H groups in total. The maximum Gasteiger partial charge on any atom is 0.151 e. The second kappa shape index (κ2) is 6.29. The summed E-state index contributed by atoms with van der Waals surface area (Å²) in [5.41, 5.74) is 4.17. The third-order valence-corrected chi connectivity index (χ3v) is 5.27. The largest absolute Gasteiger partial charge is 0.298 e. The highest BCUT2D eigenvalue weighted by Crippen LogP contribution is 2.44. The number of carbonyl (C=O) groups is 1. The molecule has 0 aliphatic rings. The Balaban J connectivity index is 2.32. The van der Waals surface area contributed by atoms with E-state index in [2.05, 4.69) is 38.1 Å². The van der Waals surface area contributed by atoms with E-state index in [1.807, 2.05) is 36.4 Å². The first-order valence-electron chi connectivity index (χ1n) is 7.45. The van der Waals surface area contributed by atoms with Gasteiger partial charge in [0.2, 0.25) is 0 Å². The molecule has 1 aromatic heterocycles. The average Bonchev–Trinajstić information content (AvgIpc) is 2.96. The van der Waals surface area contributed by atoms with E-state index >= 15 is 0 Å². The fourth-order valence-electron chi connectivity index (χ4n) is 2.69. The Morgan fingerprint density at radius 1 is 0.864 bits per heavy atom. The molecule has 1 nitrogen and oxygen atoms in total. The highest BCUT2D eigenvalue weighted by atomic mass is 32.1. The lowest BCUT2D eigenvalue weighted by Gasteiger charge is -2.06. The Kier molecular flexibility index (Phi) is 4.21. The van der Waals surface area contributed by atoms with Gasteiger partial charge in [0.05, 0.1) is 0 Å². The van der Waals surface area contributed by atoms with E-state index in [4.69, 9.17) is 0 Å². The summed E-state index contributed by atoms with van der Waals surface area (Å²) in [5, 5.41) is 0. The number of carbonyl (C=O) groups excluding carboxylic acids is 1. The normalized spacial score (nSPS) is 10.9. The molecule has 0 unspecified atom stereocenters. The molecule has 0 aliphatic carbocycles. The van der Waals surface area contributed by atoms with Gasteiger partial charge in [0.15, 0.2) is 6.29 Å².